The van der Waals surface area contributed by atoms with Crippen molar-refractivity contribution in [3.05, 3.63) is 130 Å². The molecule has 9 heteroatoms. The lowest BCUT2D eigenvalue weighted by Gasteiger charge is -2.33. The van der Waals surface area contributed by atoms with Gasteiger partial charge >= 0.3 is 0 Å². The van der Waals surface area contributed by atoms with Crippen molar-refractivity contribution in [2.45, 2.75) is 37.8 Å². The Labute approximate surface area is 256 Å². The molecule has 0 saturated heterocycles. The van der Waals surface area contributed by atoms with Crippen molar-refractivity contribution in [1.82, 2.24) is 10.2 Å². The van der Waals surface area contributed by atoms with Crippen molar-refractivity contribution >= 4 is 43.5 Å². The van der Waals surface area contributed by atoms with E-state index in [1.165, 1.54) is 24.1 Å². The van der Waals surface area contributed by atoms with Crippen molar-refractivity contribution in [2.24, 2.45) is 0 Å². The number of nitrogens with zero attached hydrogens (tertiary/aromatic N) is 2. The number of benzene rings is 4. The van der Waals surface area contributed by atoms with E-state index in [1.54, 1.807) is 30.3 Å². The summed E-state index contributed by atoms with van der Waals surface area (Å²) in [4.78, 5) is 29.2. The van der Waals surface area contributed by atoms with Crippen LogP contribution in [0.15, 0.2) is 112 Å². The summed E-state index contributed by atoms with van der Waals surface area (Å²) in [5.74, 6) is -0.839. The predicted octanol–water partition coefficient (Wildman–Crippen LogP) is 5.65. The van der Waals surface area contributed by atoms with Gasteiger partial charge in [-0.2, -0.15) is 0 Å². The fourth-order valence-corrected chi connectivity index (χ4v) is 6.53. The summed E-state index contributed by atoms with van der Waals surface area (Å²) < 4.78 is 30.1. The zero-order valence-corrected chi connectivity index (χ0v) is 26.2. The van der Waals surface area contributed by atoms with Crippen LogP contribution in [0.3, 0.4) is 0 Å². The van der Waals surface area contributed by atoms with Gasteiger partial charge in [0.2, 0.25) is 11.8 Å². The van der Waals surface area contributed by atoms with Crippen molar-refractivity contribution in [3.63, 3.8) is 0 Å². The number of nitrogens with one attached hydrogen (secondary N) is 1. The van der Waals surface area contributed by atoms with Crippen molar-refractivity contribution in [1.29, 1.82) is 0 Å². The minimum Gasteiger partial charge on any atom is -0.357 e. The summed E-state index contributed by atoms with van der Waals surface area (Å²) in [7, 11) is -2.59. The lowest BCUT2D eigenvalue weighted by molar-refractivity contribution is -0.139. The SMILES string of the molecule is CNC(=O)[C@@H](Cc1ccccc1)N(Cc1ccc(Br)cc1)C(=O)CN(c1cc(C)cc(C)c1)S(=O)(=O)c1ccccc1. The molecule has 2 amide bonds. The second-order valence-electron chi connectivity index (χ2n) is 10.1. The largest absolute Gasteiger partial charge is 0.357 e. The van der Waals surface area contributed by atoms with E-state index < -0.39 is 28.5 Å². The summed E-state index contributed by atoms with van der Waals surface area (Å²) in [6, 6.07) is 29.6. The molecule has 0 radical (unpaired) electrons. The minimum atomic E-state index is -4.13. The van der Waals surface area contributed by atoms with E-state index in [1.807, 2.05) is 74.5 Å². The first-order valence-corrected chi connectivity index (χ1v) is 15.8. The molecular weight excluding hydrogens is 614 g/mol. The Morgan fingerprint density at radius 1 is 0.810 bits per heavy atom. The number of anilines is 1. The van der Waals surface area contributed by atoms with Crippen LogP contribution < -0.4 is 9.62 Å². The smallest absolute Gasteiger partial charge is 0.264 e. The first kappa shape index (κ1) is 31.0. The van der Waals surface area contributed by atoms with Gasteiger partial charge < -0.3 is 10.2 Å². The number of rotatable bonds is 11. The molecule has 0 heterocycles. The lowest BCUT2D eigenvalue weighted by atomic mass is 10.0. The van der Waals surface area contributed by atoms with E-state index in [4.69, 9.17) is 0 Å². The summed E-state index contributed by atoms with van der Waals surface area (Å²) in [6.45, 7) is 3.39. The Balaban J connectivity index is 1.80. The molecule has 1 N–H and O–H groups in total. The molecule has 1 atom stereocenters. The molecule has 0 aromatic heterocycles. The first-order valence-electron chi connectivity index (χ1n) is 13.5. The molecule has 0 aliphatic heterocycles. The van der Waals surface area contributed by atoms with Crippen LogP contribution in [0.1, 0.15) is 22.3 Å². The number of hydrogen-bond acceptors (Lipinski definition) is 4. The van der Waals surface area contributed by atoms with E-state index in [2.05, 4.69) is 21.2 Å². The summed E-state index contributed by atoms with van der Waals surface area (Å²) in [5.41, 5.74) is 3.79. The number of carbonyl (C=O) groups is 2. The molecule has 218 valence electrons. The molecule has 0 aliphatic carbocycles. The number of hydrogen-bond donors (Lipinski definition) is 1. The summed E-state index contributed by atoms with van der Waals surface area (Å²) in [6.07, 6.45) is 0.262. The topological polar surface area (TPSA) is 86.8 Å². The third-order valence-electron chi connectivity index (χ3n) is 6.89. The van der Waals surface area contributed by atoms with E-state index >= 15 is 0 Å². The quantitative estimate of drug-likeness (QED) is 0.228. The van der Waals surface area contributed by atoms with Gasteiger partial charge in [0.1, 0.15) is 12.6 Å². The van der Waals surface area contributed by atoms with Crippen LogP contribution in [0, 0.1) is 13.8 Å². The monoisotopic (exact) mass is 647 g/mol. The van der Waals surface area contributed by atoms with Crippen molar-refractivity contribution in [3.8, 4) is 0 Å². The maximum Gasteiger partial charge on any atom is 0.264 e. The number of halogens is 1. The number of sulfonamides is 1. The minimum absolute atomic E-state index is 0.0727. The highest BCUT2D eigenvalue weighted by atomic mass is 79.9. The zero-order valence-electron chi connectivity index (χ0n) is 23.8. The Bertz CT molecular complexity index is 1610. The van der Waals surface area contributed by atoms with Gasteiger partial charge in [0, 0.05) is 24.5 Å². The Hall–Kier alpha value is -3.95. The van der Waals surface area contributed by atoms with Crippen molar-refractivity contribution < 1.29 is 18.0 Å². The third kappa shape index (κ3) is 7.66. The molecule has 42 heavy (non-hydrogen) atoms. The van der Waals surface area contributed by atoms with Crippen LogP contribution in [0.5, 0.6) is 0 Å². The van der Waals surface area contributed by atoms with Gasteiger partial charge in [0.15, 0.2) is 0 Å². The van der Waals surface area contributed by atoms with Crippen LogP contribution >= 0.6 is 15.9 Å². The van der Waals surface area contributed by atoms with Crippen LogP contribution in [-0.2, 0) is 32.6 Å². The first-order chi connectivity index (χ1) is 20.1. The number of likely N-dealkylation sites (N-methyl/N-ethyl adjacent to an activating group) is 1. The fourth-order valence-electron chi connectivity index (χ4n) is 4.85. The summed E-state index contributed by atoms with van der Waals surface area (Å²) >= 11 is 3.44. The van der Waals surface area contributed by atoms with Gasteiger partial charge in [-0.25, -0.2) is 8.42 Å². The van der Waals surface area contributed by atoms with Gasteiger partial charge in [0.25, 0.3) is 10.0 Å². The van der Waals surface area contributed by atoms with Crippen LogP contribution in [-0.4, -0.2) is 44.8 Å². The van der Waals surface area contributed by atoms with Gasteiger partial charge in [-0.15, -0.1) is 0 Å². The average Bonchev–Trinajstić information content (AvgIpc) is 2.98. The number of aryl methyl sites for hydroxylation is 2. The van der Waals surface area contributed by atoms with Gasteiger partial charge in [0.05, 0.1) is 10.6 Å². The predicted molar refractivity (Wildman–Crippen MR) is 170 cm³/mol. The van der Waals surface area contributed by atoms with E-state index in [0.717, 1.165) is 31.0 Å². The molecule has 4 rings (SSSR count). The van der Waals surface area contributed by atoms with Crippen LogP contribution in [0.25, 0.3) is 0 Å². The highest BCUT2D eigenvalue weighted by Crippen LogP contribution is 2.27. The highest BCUT2D eigenvalue weighted by molar-refractivity contribution is 9.10. The maximum atomic E-state index is 14.3. The fraction of sp³-hybridized carbons (Fsp3) is 0.212. The standard InChI is InChI=1S/C33H34BrN3O4S/c1-24-18-25(2)20-29(19-24)37(42(40,41)30-12-8-5-9-13-30)23-32(38)36(22-27-14-16-28(34)17-15-27)31(33(39)35-3)21-26-10-6-4-7-11-26/h4-20,31H,21-23H2,1-3H3,(H,35,39)/t31-/m1/s1. The molecular formula is C33H34BrN3O4S. The molecule has 0 unspecified atom stereocenters. The number of carbonyl (C=O) groups excluding carboxylic acids is 2. The molecule has 4 aromatic rings. The molecule has 4 aromatic carbocycles. The second kappa shape index (κ2) is 13.8. The molecule has 0 spiro atoms. The molecule has 0 aliphatic rings. The zero-order chi connectivity index (χ0) is 30.3. The molecule has 0 bridgehead atoms. The maximum absolute atomic E-state index is 14.3. The normalized spacial score (nSPS) is 11.9. The third-order valence-corrected chi connectivity index (χ3v) is 9.20. The molecule has 0 saturated carbocycles. The van der Waals surface area contributed by atoms with Gasteiger partial charge in [-0.1, -0.05) is 82.7 Å². The van der Waals surface area contributed by atoms with Gasteiger partial charge in [-0.3, -0.25) is 13.9 Å². The molecule has 7 nitrogen and oxygen atoms in total. The Morgan fingerprint density at radius 3 is 1.95 bits per heavy atom. The highest BCUT2D eigenvalue weighted by Gasteiger charge is 2.34. The van der Waals surface area contributed by atoms with Gasteiger partial charge in [-0.05, 0) is 72.5 Å². The second-order valence-corrected chi connectivity index (χ2v) is 12.9. The van der Waals surface area contributed by atoms with E-state index in [-0.39, 0.29) is 23.8 Å². The van der Waals surface area contributed by atoms with E-state index in [9.17, 15) is 18.0 Å². The Morgan fingerprint density at radius 2 is 1.38 bits per heavy atom. The van der Waals surface area contributed by atoms with Crippen LogP contribution in [0.2, 0.25) is 0 Å². The van der Waals surface area contributed by atoms with E-state index in [0.29, 0.717) is 5.69 Å². The summed E-state index contributed by atoms with van der Waals surface area (Å²) in [5, 5.41) is 2.70. The number of amides is 2. The van der Waals surface area contributed by atoms with Crippen LogP contribution in [0.4, 0.5) is 5.69 Å². The lowest BCUT2D eigenvalue weighted by Crippen LogP contribution is -2.53. The average molecular weight is 649 g/mol. The van der Waals surface area contributed by atoms with Crippen molar-refractivity contribution in [2.75, 3.05) is 17.9 Å². The molecule has 0 fully saturated rings. The Kier molecular flexibility index (Phi) is 10.2.